The number of nitriles is 1. The molecule has 0 saturated carbocycles. The molecule has 1 aliphatic heterocycles. The van der Waals surface area contributed by atoms with Gasteiger partial charge in [-0.15, -0.1) is 0 Å². The van der Waals surface area contributed by atoms with E-state index in [0.29, 0.717) is 19.1 Å². The minimum Gasteiger partial charge on any atom is -0.383 e. The summed E-state index contributed by atoms with van der Waals surface area (Å²) >= 11 is 0. The molecule has 2 unspecified atom stereocenters. The van der Waals surface area contributed by atoms with Crippen LogP contribution in [0.15, 0.2) is 0 Å². The highest BCUT2D eigenvalue weighted by molar-refractivity contribution is 5.10. The van der Waals surface area contributed by atoms with Gasteiger partial charge < -0.3 is 9.47 Å². The normalized spacial score (nSPS) is 30.3. The van der Waals surface area contributed by atoms with Crippen molar-refractivity contribution in [1.82, 2.24) is 5.32 Å². The monoisotopic (exact) mass is 226 g/mol. The summed E-state index contributed by atoms with van der Waals surface area (Å²) < 4.78 is 10.7. The Kier molecular flexibility index (Phi) is 5.20. The molecule has 0 aromatic heterocycles. The molecule has 2 atom stereocenters. The fourth-order valence-electron chi connectivity index (χ4n) is 2.01. The van der Waals surface area contributed by atoms with Gasteiger partial charge in [0.2, 0.25) is 0 Å². The van der Waals surface area contributed by atoms with Gasteiger partial charge in [0.25, 0.3) is 0 Å². The molecule has 1 aliphatic rings. The van der Waals surface area contributed by atoms with E-state index in [2.05, 4.69) is 25.2 Å². The molecule has 0 radical (unpaired) electrons. The largest absolute Gasteiger partial charge is 0.383 e. The highest BCUT2D eigenvalue weighted by Crippen LogP contribution is 2.28. The third kappa shape index (κ3) is 3.44. The van der Waals surface area contributed by atoms with Crippen molar-refractivity contribution in [1.29, 1.82) is 5.26 Å². The van der Waals surface area contributed by atoms with Gasteiger partial charge in [0.1, 0.15) is 5.54 Å². The van der Waals surface area contributed by atoms with Gasteiger partial charge in [-0.25, -0.2) is 0 Å². The molecule has 0 spiro atoms. The third-order valence-electron chi connectivity index (χ3n) is 3.14. The van der Waals surface area contributed by atoms with E-state index in [9.17, 15) is 5.26 Å². The van der Waals surface area contributed by atoms with Crippen LogP contribution in [0.3, 0.4) is 0 Å². The maximum absolute atomic E-state index is 9.33. The summed E-state index contributed by atoms with van der Waals surface area (Å²) in [7, 11) is 1.67. The molecule has 1 N–H and O–H groups in total. The Morgan fingerprint density at radius 2 is 2.38 bits per heavy atom. The Balaban J connectivity index is 2.54. The Morgan fingerprint density at radius 3 is 2.94 bits per heavy atom. The standard InChI is InChI=1S/C12H22N2O2/c1-10(2)11-8-12(9-13,4-6-16-11)14-5-7-15-3/h10-11,14H,4-8H2,1-3H3. The summed E-state index contributed by atoms with van der Waals surface area (Å²) in [5.41, 5.74) is -0.425. The average molecular weight is 226 g/mol. The summed E-state index contributed by atoms with van der Waals surface area (Å²) in [6.07, 6.45) is 1.71. The second-order valence-electron chi connectivity index (χ2n) is 4.72. The van der Waals surface area contributed by atoms with Gasteiger partial charge in [-0.05, 0) is 5.92 Å². The lowest BCUT2D eigenvalue weighted by Crippen LogP contribution is -2.52. The van der Waals surface area contributed by atoms with Crippen molar-refractivity contribution in [2.45, 2.75) is 38.3 Å². The van der Waals surface area contributed by atoms with E-state index in [1.54, 1.807) is 7.11 Å². The minimum atomic E-state index is -0.425. The Bertz CT molecular complexity index is 250. The van der Waals surface area contributed by atoms with Crippen LogP contribution in [0.5, 0.6) is 0 Å². The van der Waals surface area contributed by atoms with Crippen LogP contribution in [0.1, 0.15) is 26.7 Å². The molecular formula is C12H22N2O2. The zero-order valence-corrected chi connectivity index (χ0v) is 10.5. The van der Waals surface area contributed by atoms with Crippen molar-refractivity contribution in [3.05, 3.63) is 0 Å². The second-order valence-corrected chi connectivity index (χ2v) is 4.72. The van der Waals surface area contributed by atoms with Gasteiger partial charge in [-0.2, -0.15) is 5.26 Å². The molecule has 0 bridgehead atoms. The van der Waals surface area contributed by atoms with E-state index in [0.717, 1.165) is 19.4 Å². The number of hydrogen-bond acceptors (Lipinski definition) is 4. The zero-order chi connectivity index (χ0) is 12.0. The molecule has 1 saturated heterocycles. The first-order valence-electron chi connectivity index (χ1n) is 5.90. The van der Waals surface area contributed by atoms with Gasteiger partial charge >= 0.3 is 0 Å². The van der Waals surface area contributed by atoms with Crippen molar-refractivity contribution in [2.75, 3.05) is 26.9 Å². The van der Waals surface area contributed by atoms with E-state index in [1.807, 2.05) is 0 Å². The summed E-state index contributed by atoms with van der Waals surface area (Å²) in [5, 5.41) is 12.6. The van der Waals surface area contributed by atoms with Gasteiger partial charge in [-0.1, -0.05) is 13.8 Å². The van der Waals surface area contributed by atoms with E-state index < -0.39 is 5.54 Å². The van der Waals surface area contributed by atoms with Crippen LogP contribution in [-0.2, 0) is 9.47 Å². The maximum atomic E-state index is 9.33. The van der Waals surface area contributed by atoms with Crippen LogP contribution in [-0.4, -0.2) is 38.5 Å². The third-order valence-corrected chi connectivity index (χ3v) is 3.14. The number of rotatable bonds is 5. The quantitative estimate of drug-likeness (QED) is 0.718. The first-order chi connectivity index (χ1) is 7.63. The summed E-state index contributed by atoms with van der Waals surface area (Å²) in [5.74, 6) is 0.456. The lowest BCUT2D eigenvalue weighted by atomic mass is 9.84. The highest BCUT2D eigenvalue weighted by atomic mass is 16.5. The van der Waals surface area contributed by atoms with E-state index in [1.165, 1.54) is 0 Å². The molecule has 0 aliphatic carbocycles. The maximum Gasteiger partial charge on any atom is 0.111 e. The molecule has 4 heteroatoms. The molecular weight excluding hydrogens is 204 g/mol. The molecule has 92 valence electrons. The Morgan fingerprint density at radius 1 is 1.62 bits per heavy atom. The van der Waals surface area contributed by atoms with E-state index in [4.69, 9.17) is 9.47 Å². The number of methoxy groups -OCH3 is 1. The minimum absolute atomic E-state index is 0.184. The van der Waals surface area contributed by atoms with Crippen LogP contribution in [0.25, 0.3) is 0 Å². The van der Waals surface area contributed by atoms with Crippen LogP contribution in [0.4, 0.5) is 0 Å². The molecule has 0 aromatic rings. The second kappa shape index (κ2) is 6.19. The topological polar surface area (TPSA) is 54.3 Å². The molecule has 0 amide bonds. The predicted octanol–water partition coefficient (Wildman–Crippen LogP) is 1.32. The van der Waals surface area contributed by atoms with Crippen LogP contribution in [0, 0.1) is 17.2 Å². The van der Waals surface area contributed by atoms with Crippen molar-refractivity contribution in [3.63, 3.8) is 0 Å². The van der Waals surface area contributed by atoms with E-state index >= 15 is 0 Å². The smallest absolute Gasteiger partial charge is 0.111 e. The molecule has 1 heterocycles. The number of ether oxygens (including phenoxy) is 2. The van der Waals surface area contributed by atoms with Crippen molar-refractivity contribution >= 4 is 0 Å². The van der Waals surface area contributed by atoms with Gasteiger partial charge in [0.05, 0.1) is 18.8 Å². The van der Waals surface area contributed by atoms with Crippen molar-refractivity contribution in [2.24, 2.45) is 5.92 Å². The molecule has 1 fully saturated rings. The van der Waals surface area contributed by atoms with Gasteiger partial charge in [0.15, 0.2) is 0 Å². The number of hydrogen-bond donors (Lipinski definition) is 1. The molecule has 0 aromatic carbocycles. The fraction of sp³-hybridized carbons (Fsp3) is 0.917. The Hall–Kier alpha value is -0.630. The van der Waals surface area contributed by atoms with Crippen molar-refractivity contribution in [3.8, 4) is 6.07 Å². The van der Waals surface area contributed by atoms with Crippen LogP contribution in [0.2, 0.25) is 0 Å². The van der Waals surface area contributed by atoms with Crippen LogP contribution < -0.4 is 5.32 Å². The number of nitrogens with one attached hydrogen (secondary N) is 1. The van der Waals surface area contributed by atoms with Crippen LogP contribution >= 0.6 is 0 Å². The molecule has 4 nitrogen and oxygen atoms in total. The highest BCUT2D eigenvalue weighted by Gasteiger charge is 2.37. The average Bonchev–Trinajstić information content (AvgIpc) is 2.30. The lowest BCUT2D eigenvalue weighted by Gasteiger charge is -2.38. The van der Waals surface area contributed by atoms with Crippen molar-refractivity contribution < 1.29 is 9.47 Å². The first-order valence-corrected chi connectivity index (χ1v) is 5.90. The SMILES string of the molecule is COCCNC1(C#N)CCOC(C(C)C)C1. The molecule has 1 rings (SSSR count). The fourth-order valence-corrected chi connectivity index (χ4v) is 2.01. The summed E-state index contributed by atoms with van der Waals surface area (Å²) in [6.45, 7) is 6.28. The summed E-state index contributed by atoms with van der Waals surface area (Å²) in [4.78, 5) is 0. The summed E-state index contributed by atoms with van der Waals surface area (Å²) in [6, 6.07) is 2.41. The van der Waals surface area contributed by atoms with Gasteiger partial charge in [0, 0.05) is 33.1 Å². The van der Waals surface area contributed by atoms with Gasteiger partial charge in [-0.3, -0.25) is 5.32 Å². The first kappa shape index (κ1) is 13.4. The van der Waals surface area contributed by atoms with E-state index in [-0.39, 0.29) is 6.10 Å². The number of nitrogens with zero attached hydrogens (tertiary/aromatic N) is 1. The Labute approximate surface area is 97.9 Å². The lowest BCUT2D eigenvalue weighted by molar-refractivity contribution is -0.0392. The predicted molar refractivity (Wildman–Crippen MR) is 62.0 cm³/mol. The molecule has 16 heavy (non-hydrogen) atoms. The zero-order valence-electron chi connectivity index (χ0n) is 10.5.